The second kappa shape index (κ2) is 6.14. The number of carbonyl (C=O) groups is 2. The Labute approximate surface area is 154 Å². The largest absolute Gasteiger partial charge is 0.507 e. The summed E-state index contributed by atoms with van der Waals surface area (Å²) in [6, 6.07) is 5.86. The number of fused-ring (bicyclic) bond motifs is 3. The molecule has 2 aliphatic rings. The molecule has 140 valence electrons. The molecule has 0 heterocycles. The predicted octanol–water partition coefficient (Wildman–Crippen LogP) is 2.64. The highest BCUT2D eigenvalue weighted by Crippen LogP contribution is 2.48. The molecule has 2 aromatic carbocycles. The van der Waals surface area contributed by atoms with Crippen LogP contribution in [0.1, 0.15) is 61.7 Å². The number of aliphatic hydroxyl groups is 1. The number of methoxy groups -OCH3 is 2. The Kier molecular flexibility index (Phi) is 4.01. The Morgan fingerprint density at radius 3 is 2.52 bits per heavy atom. The first-order valence-corrected chi connectivity index (χ1v) is 8.41. The molecule has 0 saturated carbocycles. The maximum absolute atomic E-state index is 14.6. The molecule has 0 saturated heterocycles. The molecule has 2 aromatic rings. The first-order valence-electron chi connectivity index (χ1n) is 8.41. The Hall–Kier alpha value is -2.77. The molecule has 0 fully saturated rings. The monoisotopic (exact) mass is 372 g/mol. The number of carbonyl (C=O) groups excluding carboxylic acids is 2. The predicted molar refractivity (Wildman–Crippen MR) is 92.2 cm³/mol. The summed E-state index contributed by atoms with van der Waals surface area (Å²) >= 11 is 0. The summed E-state index contributed by atoms with van der Waals surface area (Å²) in [5.74, 6) is -1.36. The average Bonchev–Trinajstić information content (AvgIpc) is 2.67. The fraction of sp³-hybridized carbons (Fsp3) is 0.300. The zero-order valence-corrected chi connectivity index (χ0v) is 14.7. The van der Waals surface area contributed by atoms with E-state index < -0.39 is 35.7 Å². The Morgan fingerprint density at radius 2 is 1.85 bits per heavy atom. The standard InChI is InChI=1S/C20H17FO6/c1-26-12-5-3-4-8-14(12)19(24)16-10(18(8)23)6-9-15(20(16)25)13(27-2)7-11(22)17(9)21/h3-6,11,13,17,22,25H,7H2,1-2H3/t11-,13+,17-/m1/s1. The van der Waals surface area contributed by atoms with Crippen LogP contribution in [0.2, 0.25) is 0 Å². The number of ketones is 2. The zero-order valence-electron chi connectivity index (χ0n) is 14.7. The fourth-order valence-electron chi connectivity index (χ4n) is 3.95. The number of phenolic OH excluding ortho intramolecular Hbond substituents is 1. The summed E-state index contributed by atoms with van der Waals surface area (Å²) < 4.78 is 25.1. The van der Waals surface area contributed by atoms with Gasteiger partial charge in [-0.3, -0.25) is 9.59 Å². The topological polar surface area (TPSA) is 93.1 Å². The van der Waals surface area contributed by atoms with Crippen LogP contribution >= 0.6 is 0 Å². The van der Waals surface area contributed by atoms with E-state index in [1.54, 1.807) is 12.1 Å². The Bertz CT molecular complexity index is 983. The highest BCUT2D eigenvalue weighted by molar-refractivity contribution is 6.30. The van der Waals surface area contributed by atoms with Gasteiger partial charge in [0.25, 0.3) is 0 Å². The van der Waals surface area contributed by atoms with Gasteiger partial charge in [0.05, 0.1) is 30.4 Å². The molecule has 0 unspecified atom stereocenters. The zero-order chi connectivity index (χ0) is 19.5. The fourth-order valence-corrected chi connectivity index (χ4v) is 3.95. The van der Waals surface area contributed by atoms with Crippen molar-refractivity contribution >= 4 is 11.6 Å². The summed E-state index contributed by atoms with van der Waals surface area (Å²) in [5.41, 5.74) is -0.0430. The number of hydrogen-bond donors (Lipinski definition) is 2. The third-order valence-electron chi connectivity index (χ3n) is 5.26. The number of aromatic hydroxyl groups is 1. The van der Waals surface area contributed by atoms with E-state index in [2.05, 4.69) is 0 Å². The molecule has 4 rings (SSSR count). The second-order valence-electron chi connectivity index (χ2n) is 6.62. The van der Waals surface area contributed by atoms with Crippen LogP contribution in [0.25, 0.3) is 0 Å². The molecular formula is C20H17FO6. The van der Waals surface area contributed by atoms with Crippen molar-refractivity contribution in [3.8, 4) is 11.5 Å². The molecule has 7 heteroatoms. The van der Waals surface area contributed by atoms with Gasteiger partial charge >= 0.3 is 0 Å². The summed E-state index contributed by atoms with van der Waals surface area (Å²) in [7, 11) is 2.75. The van der Waals surface area contributed by atoms with Crippen molar-refractivity contribution in [2.75, 3.05) is 14.2 Å². The van der Waals surface area contributed by atoms with Gasteiger partial charge in [0.2, 0.25) is 5.78 Å². The Balaban J connectivity index is 2.02. The third-order valence-corrected chi connectivity index (χ3v) is 5.26. The minimum Gasteiger partial charge on any atom is -0.507 e. The summed E-state index contributed by atoms with van der Waals surface area (Å²) in [5, 5.41) is 20.8. The van der Waals surface area contributed by atoms with E-state index in [0.29, 0.717) is 0 Å². The van der Waals surface area contributed by atoms with Crippen LogP contribution in [0.15, 0.2) is 24.3 Å². The smallest absolute Gasteiger partial charge is 0.201 e. The molecular weight excluding hydrogens is 355 g/mol. The Morgan fingerprint density at radius 1 is 1.11 bits per heavy atom. The van der Waals surface area contributed by atoms with Crippen LogP contribution in [0, 0.1) is 0 Å². The lowest BCUT2D eigenvalue weighted by atomic mass is 9.76. The van der Waals surface area contributed by atoms with Crippen molar-refractivity contribution < 1.29 is 33.7 Å². The summed E-state index contributed by atoms with van der Waals surface area (Å²) in [6.45, 7) is 0. The maximum Gasteiger partial charge on any atom is 0.201 e. The number of phenols is 1. The van der Waals surface area contributed by atoms with Crippen molar-refractivity contribution in [2.45, 2.75) is 24.8 Å². The van der Waals surface area contributed by atoms with Crippen LogP contribution < -0.4 is 4.74 Å². The molecule has 0 spiro atoms. The first kappa shape index (κ1) is 17.6. The van der Waals surface area contributed by atoms with Crippen molar-refractivity contribution in [3.05, 3.63) is 57.6 Å². The molecule has 0 aliphatic heterocycles. The van der Waals surface area contributed by atoms with Crippen molar-refractivity contribution in [1.82, 2.24) is 0 Å². The van der Waals surface area contributed by atoms with Crippen LogP contribution in [0.3, 0.4) is 0 Å². The number of hydrogen-bond acceptors (Lipinski definition) is 6. The first-order chi connectivity index (χ1) is 12.9. The van der Waals surface area contributed by atoms with E-state index in [0.717, 1.165) is 0 Å². The normalized spacial score (nSPS) is 23.5. The lowest BCUT2D eigenvalue weighted by Gasteiger charge is -2.33. The van der Waals surface area contributed by atoms with Crippen LogP contribution in [0.4, 0.5) is 4.39 Å². The number of aliphatic hydroxyl groups excluding tert-OH is 1. The van der Waals surface area contributed by atoms with Gasteiger partial charge in [-0.05, 0) is 17.7 Å². The molecule has 2 N–H and O–H groups in total. The van der Waals surface area contributed by atoms with E-state index in [1.165, 1.54) is 26.4 Å². The number of rotatable bonds is 2. The van der Waals surface area contributed by atoms with Crippen LogP contribution in [-0.2, 0) is 4.74 Å². The molecule has 6 nitrogen and oxygen atoms in total. The van der Waals surface area contributed by atoms with E-state index >= 15 is 0 Å². The minimum absolute atomic E-state index is 0.0376. The van der Waals surface area contributed by atoms with E-state index in [-0.39, 0.29) is 45.6 Å². The molecule has 27 heavy (non-hydrogen) atoms. The maximum atomic E-state index is 14.6. The third kappa shape index (κ3) is 2.32. The van der Waals surface area contributed by atoms with E-state index in [1.807, 2.05) is 0 Å². The number of alkyl halides is 1. The molecule has 0 amide bonds. The summed E-state index contributed by atoms with van der Waals surface area (Å²) in [6.07, 6.45) is -3.99. The average molecular weight is 372 g/mol. The van der Waals surface area contributed by atoms with E-state index in [4.69, 9.17) is 9.47 Å². The van der Waals surface area contributed by atoms with Gasteiger partial charge in [0, 0.05) is 30.2 Å². The van der Waals surface area contributed by atoms with Gasteiger partial charge in [0.1, 0.15) is 11.5 Å². The highest BCUT2D eigenvalue weighted by Gasteiger charge is 2.42. The molecule has 3 atom stereocenters. The molecule has 0 bridgehead atoms. The van der Waals surface area contributed by atoms with Gasteiger partial charge in [-0.1, -0.05) is 12.1 Å². The van der Waals surface area contributed by atoms with Crippen molar-refractivity contribution in [2.24, 2.45) is 0 Å². The van der Waals surface area contributed by atoms with Gasteiger partial charge in [-0.25, -0.2) is 4.39 Å². The van der Waals surface area contributed by atoms with Gasteiger partial charge in [-0.2, -0.15) is 0 Å². The van der Waals surface area contributed by atoms with Crippen LogP contribution in [-0.4, -0.2) is 42.1 Å². The molecule has 0 radical (unpaired) electrons. The molecule has 0 aromatic heterocycles. The van der Waals surface area contributed by atoms with E-state index in [9.17, 15) is 24.2 Å². The highest BCUT2D eigenvalue weighted by atomic mass is 19.1. The molecule has 2 aliphatic carbocycles. The van der Waals surface area contributed by atoms with Crippen molar-refractivity contribution in [1.29, 1.82) is 0 Å². The second-order valence-corrected chi connectivity index (χ2v) is 6.62. The van der Waals surface area contributed by atoms with Gasteiger partial charge in [-0.15, -0.1) is 0 Å². The lowest BCUT2D eigenvalue weighted by molar-refractivity contribution is -0.00973. The number of ether oxygens (including phenoxy) is 2. The van der Waals surface area contributed by atoms with Gasteiger partial charge in [0.15, 0.2) is 12.0 Å². The summed E-state index contributed by atoms with van der Waals surface area (Å²) in [4.78, 5) is 26.1. The number of halogens is 1. The van der Waals surface area contributed by atoms with Crippen molar-refractivity contribution in [3.63, 3.8) is 0 Å². The SMILES string of the molecule is COc1cccc2c1C(=O)c1c(cc3c(c1O)[C@@H](OC)C[C@@H](O)[C@@H]3F)C2=O. The van der Waals surface area contributed by atoms with Crippen LogP contribution in [0.5, 0.6) is 11.5 Å². The van der Waals surface area contributed by atoms with Gasteiger partial charge < -0.3 is 19.7 Å². The number of benzene rings is 2. The lowest BCUT2D eigenvalue weighted by Crippen LogP contribution is -2.29. The minimum atomic E-state index is -1.79. The quantitative estimate of drug-likeness (QED) is 0.718.